The molecule has 0 aliphatic carbocycles. The summed E-state index contributed by atoms with van der Waals surface area (Å²) in [5.41, 5.74) is -0.0833. The molecule has 1 aromatic carbocycles. The number of nitrogens with one attached hydrogen (secondary N) is 1. The first-order chi connectivity index (χ1) is 12.7. The normalized spacial score (nSPS) is 10.9. The van der Waals surface area contributed by atoms with Gasteiger partial charge in [0, 0.05) is 35.4 Å². The number of carbonyl (C=O) groups excluding carboxylic acids is 2. The molecule has 2 amide bonds. The standard InChI is InChI=1S/C19H22BrN3O4/c1-12-15(20)8-14(9-16(12)26-5)27-13-6-7-21-17(10-13)23(4)18(25)19(2,3)22-11-24/h6-11H,1-5H3,(H,22,24). The minimum absolute atomic E-state index is 0.306. The van der Waals surface area contributed by atoms with E-state index in [0.29, 0.717) is 29.5 Å². The van der Waals surface area contributed by atoms with E-state index in [0.717, 1.165) is 10.0 Å². The number of carbonyl (C=O) groups is 2. The van der Waals surface area contributed by atoms with Gasteiger partial charge in [-0.3, -0.25) is 14.5 Å². The zero-order valence-electron chi connectivity index (χ0n) is 15.9. The van der Waals surface area contributed by atoms with E-state index in [2.05, 4.69) is 26.2 Å². The van der Waals surface area contributed by atoms with Crippen molar-refractivity contribution in [1.29, 1.82) is 0 Å². The maximum absolute atomic E-state index is 12.6. The van der Waals surface area contributed by atoms with Crippen molar-refractivity contribution in [2.24, 2.45) is 0 Å². The van der Waals surface area contributed by atoms with E-state index < -0.39 is 5.54 Å². The number of ether oxygens (including phenoxy) is 2. The monoisotopic (exact) mass is 435 g/mol. The van der Waals surface area contributed by atoms with E-state index in [1.54, 1.807) is 52.4 Å². The highest BCUT2D eigenvalue weighted by molar-refractivity contribution is 9.10. The van der Waals surface area contributed by atoms with E-state index in [1.807, 2.05) is 13.0 Å². The van der Waals surface area contributed by atoms with Crippen LogP contribution >= 0.6 is 15.9 Å². The summed E-state index contributed by atoms with van der Waals surface area (Å²) in [6, 6.07) is 6.96. The van der Waals surface area contributed by atoms with Crippen LogP contribution in [0.25, 0.3) is 0 Å². The maximum Gasteiger partial charge on any atom is 0.253 e. The van der Waals surface area contributed by atoms with Crippen LogP contribution in [-0.2, 0) is 9.59 Å². The number of benzene rings is 1. The summed E-state index contributed by atoms with van der Waals surface area (Å²) >= 11 is 3.48. The van der Waals surface area contributed by atoms with Crippen molar-refractivity contribution >= 4 is 34.1 Å². The van der Waals surface area contributed by atoms with Gasteiger partial charge in [0.1, 0.15) is 28.6 Å². The minimum atomic E-state index is -1.05. The Morgan fingerprint density at radius 3 is 2.63 bits per heavy atom. The van der Waals surface area contributed by atoms with Crippen LogP contribution in [0.4, 0.5) is 5.82 Å². The number of rotatable bonds is 7. The molecule has 0 aliphatic rings. The fourth-order valence-electron chi connectivity index (χ4n) is 2.42. The van der Waals surface area contributed by atoms with Gasteiger partial charge >= 0.3 is 0 Å². The van der Waals surface area contributed by atoms with Crippen LogP contribution in [0.15, 0.2) is 34.9 Å². The number of amides is 2. The van der Waals surface area contributed by atoms with E-state index >= 15 is 0 Å². The number of anilines is 1. The summed E-state index contributed by atoms with van der Waals surface area (Å²) in [6.45, 7) is 5.18. The van der Waals surface area contributed by atoms with E-state index in [4.69, 9.17) is 9.47 Å². The van der Waals surface area contributed by atoms with Gasteiger partial charge in [-0.25, -0.2) is 4.98 Å². The molecule has 1 heterocycles. The van der Waals surface area contributed by atoms with Gasteiger partial charge < -0.3 is 14.8 Å². The molecule has 2 aromatic rings. The molecular weight excluding hydrogens is 414 g/mol. The molecule has 0 unspecified atom stereocenters. The van der Waals surface area contributed by atoms with Crippen molar-refractivity contribution in [2.45, 2.75) is 26.3 Å². The van der Waals surface area contributed by atoms with Crippen molar-refractivity contribution in [3.63, 3.8) is 0 Å². The topological polar surface area (TPSA) is 80.8 Å². The third kappa shape index (κ3) is 4.77. The average Bonchev–Trinajstić information content (AvgIpc) is 2.63. The summed E-state index contributed by atoms with van der Waals surface area (Å²) in [5.74, 6) is 1.88. The maximum atomic E-state index is 12.6. The van der Waals surface area contributed by atoms with Crippen molar-refractivity contribution in [3.8, 4) is 17.2 Å². The molecule has 0 atom stereocenters. The second-order valence-electron chi connectivity index (χ2n) is 6.44. The lowest BCUT2D eigenvalue weighted by Gasteiger charge is -2.28. The highest BCUT2D eigenvalue weighted by Gasteiger charge is 2.31. The summed E-state index contributed by atoms with van der Waals surface area (Å²) in [7, 11) is 3.19. The Hall–Kier alpha value is -2.61. The van der Waals surface area contributed by atoms with E-state index in [1.165, 1.54) is 4.90 Å². The molecule has 27 heavy (non-hydrogen) atoms. The first-order valence-electron chi connectivity index (χ1n) is 8.17. The van der Waals surface area contributed by atoms with Gasteiger partial charge in [-0.05, 0) is 32.9 Å². The lowest BCUT2D eigenvalue weighted by atomic mass is 10.0. The van der Waals surface area contributed by atoms with Crippen molar-refractivity contribution in [3.05, 3.63) is 40.5 Å². The Morgan fingerprint density at radius 2 is 2.00 bits per heavy atom. The summed E-state index contributed by atoms with van der Waals surface area (Å²) in [5, 5.41) is 2.50. The lowest BCUT2D eigenvalue weighted by Crippen LogP contribution is -2.53. The van der Waals surface area contributed by atoms with Gasteiger partial charge in [-0.15, -0.1) is 0 Å². The van der Waals surface area contributed by atoms with Crippen LogP contribution in [0.5, 0.6) is 17.2 Å². The Kier molecular flexibility index (Phi) is 6.43. The molecule has 0 fully saturated rings. The predicted octanol–water partition coefficient (Wildman–Crippen LogP) is 3.44. The zero-order valence-corrected chi connectivity index (χ0v) is 17.5. The van der Waals surface area contributed by atoms with E-state index in [-0.39, 0.29) is 5.91 Å². The molecule has 2 rings (SSSR count). The average molecular weight is 436 g/mol. The third-order valence-electron chi connectivity index (χ3n) is 4.05. The first kappa shape index (κ1) is 20.7. The largest absolute Gasteiger partial charge is 0.496 e. The zero-order chi connectivity index (χ0) is 20.2. The van der Waals surface area contributed by atoms with Crippen LogP contribution in [0.3, 0.4) is 0 Å². The molecule has 7 nitrogen and oxygen atoms in total. The lowest BCUT2D eigenvalue weighted by molar-refractivity contribution is -0.126. The quantitative estimate of drug-likeness (QED) is 0.673. The number of halogens is 1. The fraction of sp³-hybridized carbons (Fsp3) is 0.316. The molecule has 8 heteroatoms. The fourth-order valence-corrected chi connectivity index (χ4v) is 2.84. The molecule has 0 bridgehead atoms. The molecule has 0 aliphatic heterocycles. The third-order valence-corrected chi connectivity index (χ3v) is 4.87. The summed E-state index contributed by atoms with van der Waals surface area (Å²) < 4.78 is 12.1. The molecule has 144 valence electrons. The summed E-state index contributed by atoms with van der Waals surface area (Å²) in [4.78, 5) is 28.9. The van der Waals surface area contributed by atoms with Gasteiger partial charge in [0.2, 0.25) is 6.41 Å². The molecule has 0 spiro atoms. The molecule has 0 radical (unpaired) electrons. The number of pyridine rings is 1. The van der Waals surface area contributed by atoms with Crippen LogP contribution < -0.4 is 19.7 Å². The summed E-state index contributed by atoms with van der Waals surface area (Å²) in [6.07, 6.45) is 2.05. The van der Waals surface area contributed by atoms with Crippen molar-refractivity contribution in [1.82, 2.24) is 10.3 Å². The minimum Gasteiger partial charge on any atom is -0.496 e. The molecule has 1 N–H and O–H groups in total. The first-order valence-corrected chi connectivity index (χ1v) is 8.96. The molecular formula is C19H22BrN3O4. The number of aromatic nitrogens is 1. The van der Waals surface area contributed by atoms with Crippen LogP contribution in [0.2, 0.25) is 0 Å². The van der Waals surface area contributed by atoms with Gasteiger partial charge in [0.15, 0.2) is 0 Å². The SMILES string of the molecule is COc1cc(Oc2ccnc(N(C)C(=O)C(C)(C)NC=O)c2)cc(Br)c1C. The molecule has 0 saturated heterocycles. The Bertz CT molecular complexity index is 855. The smallest absolute Gasteiger partial charge is 0.253 e. The van der Waals surface area contributed by atoms with Crippen LogP contribution in [0, 0.1) is 6.92 Å². The number of hydrogen-bond acceptors (Lipinski definition) is 5. The Labute approximate surface area is 166 Å². The Balaban J connectivity index is 2.27. The Morgan fingerprint density at radius 1 is 1.30 bits per heavy atom. The van der Waals surface area contributed by atoms with Crippen molar-refractivity contribution < 1.29 is 19.1 Å². The van der Waals surface area contributed by atoms with Gasteiger partial charge in [0.05, 0.1) is 7.11 Å². The van der Waals surface area contributed by atoms with E-state index in [9.17, 15) is 9.59 Å². The number of likely N-dealkylation sites (N-methyl/N-ethyl adjacent to an activating group) is 1. The number of hydrogen-bond donors (Lipinski definition) is 1. The van der Waals surface area contributed by atoms with Gasteiger partial charge in [-0.1, -0.05) is 15.9 Å². The predicted molar refractivity (Wildman–Crippen MR) is 106 cm³/mol. The van der Waals surface area contributed by atoms with Crippen LogP contribution in [0.1, 0.15) is 19.4 Å². The van der Waals surface area contributed by atoms with Crippen molar-refractivity contribution in [2.75, 3.05) is 19.1 Å². The van der Waals surface area contributed by atoms with Gasteiger partial charge in [-0.2, -0.15) is 0 Å². The second-order valence-corrected chi connectivity index (χ2v) is 7.29. The van der Waals surface area contributed by atoms with Gasteiger partial charge in [0.25, 0.3) is 5.91 Å². The number of methoxy groups -OCH3 is 1. The number of nitrogens with zero attached hydrogens (tertiary/aromatic N) is 2. The molecule has 0 saturated carbocycles. The second kappa shape index (κ2) is 8.39. The molecule has 1 aromatic heterocycles. The highest BCUT2D eigenvalue weighted by Crippen LogP contribution is 2.34. The highest BCUT2D eigenvalue weighted by atomic mass is 79.9. The van der Waals surface area contributed by atoms with Crippen LogP contribution in [-0.4, -0.2) is 37.0 Å².